The Kier molecular flexibility index (Phi) is 5.46. The Balaban J connectivity index is 1.40. The number of hydrogen-bond acceptors (Lipinski definition) is 3. The van der Waals surface area contributed by atoms with Gasteiger partial charge in [-0.15, -0.1) is 0 Å². The summed E-state index contributed by atoms with van der Waals surface area (Å²) in [5.41, 5.74) is 17.3. The molecular formula is C38H28N2O2. The van der Waals surface area contributed by atoms with Crippen LogP contribution in [0.2, 0.25) is 0 Å². The fourth-order valence-electron chi connectivity index (χ4n) is 6.53. The lowest BCUT2D eigenvalue weighted by Crippen LogP contribution is -1.97. The van der Waals surface area contributed by atoms with E-state index >= 15 is 0 Å². The first-order chi connectivity index (χ1) is 20.7. The van der Waals surface area contributed by atoms with Crippen molar-refractivity contribution in [2.24, 2.45) is 5.73 Å². The first-order valence-corrected chi connectivity index (χ1v) is 14.2. The molecule has 0 radical (unpaired) electrons. The lowest BCUT2D eigenvalue weighted by molar-refractivity contribution is 0.668. The molecule has 0 aliphatic carbocycles. The Morgan fingerprint density at radius 2 is 1.48 bits per heavy atom. The van der Waals surface area contributed by atoms with Crippen LogP contribution in [0.1, 0.15) is 23.7 Å². The number of nitrogens with two attached hydrogens (primary N) is 1. The maximum atomic E-state index is 6.40. The van der Waals surface area contributed by atoms with Crippen LogP contribution in [0.4, 0.5) is 0 Å². The van der Waals surface area contributed by atoms with Gasteiger partial charge in [0.1, 0.15) is 22.3 Å². The molecule has 8 aromatic rings. The highest BCUT2D eigenvalue weighted by molar-refractivity contribution is 6.15. The molecule has 3 aromatic heterocycles. The molecule has 0 unspecified atom stereocenters. The van der Waals surface area contributed by atoms with E-state index in [0.717, 1.165) is 83.0 Å². The summed E-state index contributed by atoms with van der Waals surface area (Å²) in [5, 5.41) is 5.49. The molecule has 0 saturated carbocycles. The molecule has 0 aliphatic heterocycles. The van der Waals surface area contributed by atoms with Crippen LogP contribution in [-0.4, -0.2) is 4.57 Å². The fourth-order valence-corrected chi connectivity index (χ4v) is 6.53. The number of fused-ring (bicyclic) bond motifs is 7. The average Bonchev–Trinajstić information content (AvgIpc) is 3.69. The Labute approximate surface area is 242 Å². The fraction of sp³-hybridized carbons (Fsp3) is 0.0526. The van der Waals surface area contributed by atoms with Gasteiger partial charge in [0, 0.05) is 44.7 Å². The van der Waals surface area contributed by atoms with Crippen molar-refractivity contribution in [2.75, 3.05) is 0 Å². The molecule has 0 aliphatic rings. The largest absolute Gasteiger partial charge is 0.456 e. The molecule has 0 atom stereocenters. The standard InChI is InChI=1S/C38H28N2O2/c1-3-9-31-26(4-2)28-11-5-6-13-32(28)40(31)25-17-19-34-30(21-25)38-27(12-8-15-36(38)42-34)23-16-18-33-29(20-23)37-24(22-39)10-7-14-35(37)41-33/h3-21H,2,22,39H2,1H3/b9-3-. The number of hydrogen-bond donors (Lipinski definition) is 1. The second-order valence-electron chi connectivity index (χ2n) is 10.6. The third kappa shape index (κ3) is 3.46. The van der Waals surface area contributed by atoms with Crippen molar-refractivity contribution < 1.29 is 8.83 Å². The van der Waals surface area contributed by atoms with E-state index in [2.05, 4.69) is 102 Å². The molecule has 202 valence electrons. The summed E-state index contributed by atoms with van der Waals surface area (Å²) in [5.74, 6) is 0. The van der Waals surface area contributed by atoms with Crippen molar-refractivity contribution in [3.8, 4) is 16.8 Å². The summed E-state index contributed by atoms with van der Waals surface area (Å²) >= 11 is 0. The number of benzene rings is 5. The predicted molar refractivity (Wildman–Crippen MR) is 176 cm³/mol. The summed E-state index contributed by atoms with van der Waals surface area (Å²) in [6.07, 6.45) is 6.18. The first kappa shape index (κ1) is 24.5. The van der Waals surface area contributed by atoms with E-state index in [1.165, 1.54) is 5.39 Å². The van der Waals surface area contributed by atoms with Crippen LogP contribution >= 0.6 is 0 Å². The van der Waals surface area contributed by atoms with Gasteiger partial charge in [-0.1, -0.05) is 67.3 Å². The highest BCUT2D eigenvalue weighted by atomic mass is 16.3. The lowest BCUT2D eigenvalue weighted by Gasteiger charge is -2.10. The second kappa shape index (κ2) is 9.37. The van der Waals surface area contributed by atoms with Crippen molar-refractivity contribution in [3.05, 3.63) is 127 Å². The maximum Gasteiger partial charge on any atom is 0.136 e. The second-order valence-corrected chi connectivity index (χ2v) is 10.6. The van der Waals surface area contributed by atoms with Gasteiger partial charge in [0.15, 0.2) is 0 Å². The third-order valence-electron chi connectivity index (χ3n) is 8.33. The molecular weight excluding hydrogens is 516 g/mol. The van der Waals surface area contributed by atoms with Crippen molar-refractivity contribution in [1.29, 1.82) is 0 Å². The molecule has 2 N–H and O–H groups in total. The number of aromatic nitrogens is 1. The zero-order chi connectivity index (χ0) is 28.4. The quantitative estimate of drug-likeness (QED) is 0.234. The number of para-hydroxylation sites is 1. The van der Waals surface area contributed by atoms with Gasteiger partial charge in [0.2, 0.25) is 0 Å². The Hall–Kier alpha value is -5.32. The Bertz CT molecular complexity index is 2380. The molecule has 0 fully saturated rings. The minimum atomic E-state index is 0.456. The van der Waals surface area contributed by atoms with Gasteiger partial charge in [0.05, 0.1) is 11.2 Å². The summed E-state index contributed by atoms with van der Waals surface area (Å²) in [6, 6.07) is 33.7. The van der Waals surface area contributed by atoms with E-state index in [1.54, 1.807) is 0 Å². The Morgan fingerprint density at radius 1 is 0.738 bits per heavy atom. The van der Waals surface area contributed by atoms with Crippen LogP contribution in [-0.2, 0) is 6.54 Å². The van der Waals surface area contributed by atoms with Gasteiger partial charge < -0.3 is 19.1 Å². The van der Waals surface area contributed by atoms with Gasteiger partial charge >= 0.3 is 0 Å². The molecule has 0 amide bonds. The highest BCUT2D eigenvalue weighted by Crippen LogP contribution is 2.41. The zero-order valence-corrected chi connectivity index (χ0v) is 23.2. The van der Waals surface area contributed by atoms with Crippen LogP contribution < -0.4 is 5.73 Å². The van der Waals surface area contributed by atoms with Gasteiger partial charge in [-0.05, 0) is 78.2 Å². The van der Waals surface area contributed by atoms with Crippen molar-refractivity contribution in [3.63, 3.8) is 0 Å². The maximum absolute atomic E-state index is 6.40. The van der Waals surface area contributed by atoms with E-state index < -0.39 is 0 Å². The smallest absolute Gasteiger partial charge is 0.136 e. The van der Waals surface area contributed by atoms with E-state index in [4.69, 9.17) is 14.6 Å². The SMILES string of the molecule is C=Cc1c(/C=C\C)n(-c2ccc3oc4cccc(-c5ccc6oc7cccc(CN)c7c6c5)c4c3c2)c2ccccc12. The van der Waals surface area contributed by atoms with Crippen LogP contribution in [0, 0.1) is 0 Å². The lowest BCUT2D eigenvalue weighted by atomic mass is 9.97. The van der Waals surface area contributed by atoms with Crippen molar-refractivity contribution in [2.45, 2.75) is 13.5 Å². The number of nitrogens with zero attached hydrogens (tertiary/aromatic N) is 1. The van der Waals surface area contributed by atoms with Crippen LogP contribution in [0.3, 0.4) is 0 Å². The summed E-state index contributed by atoms with van der Waals surface area (Å²) in [6.45, 7) is 6.63. The topological polar surface area (TPSA) is 57.2 Å². The number of rotatable bonds is 5. The summed E-state index contributed by atoms with van der Waals surface area (Å²) in [7, 11) is 0. The first-order valence-electron chi connectivity index (χ1n) is 14.2. The molecule has 3 heterocycles. The van der Waals surface area contributed by atoms with Crippen LogP contribution in [0.15, 0.2) is 119 Å². The van der Waals surface area contributed by atoms with Gasteiger partial charge in [-0.2, -0.15) is 0 Å². The minimum absolute atomic E-state index is 0.456. The molecule has 0 saturated heterocycles. The van der Waals surface area contributed by atoms with Crippen LogP contribution in [0.25, 0.3) is 83.7 Å². The van der Waals surface area contributed by atoms with E-state index in [-0.39, 0.29) is 0 Å². The number of allylic oxidation sites excluding steroid dienone is 1. The normalized spacial score (nSPS) is 12.1. The minimum Gasteiger partial charge on any atom is -0.456 e. The molecule has 5 aromatic carbocycles. The molecule has 4 heteroatoms. The van der Waals surface area contributed by atoms with Crippen molar-refractivity contribution in [1.82, 2.24) is 4.57 Å². The van der Waals surface area contributed by atoms with Crippen LogP contribution in [0.5, 0.6) is 0 Å². The highest BCUT2D eigenvalue weighted by Gasteiger charge is 2.19. The van der Waals surface area contributed by atoms with Crippen molar-refractivity contribution >= 4 is 66.9 Å². The van der Waals surface area contributed by atoms with Gasteiger partial charge in [-0.3, -0.25) is 0 Å². The molecule has 8 rings (SSSR count). The third-order valence-corrected chi connectivity index (χ3v) is 8.33. The molecule has 42 heavy (non-hydrogen) atoms. The summed E-state index contributed by atoms with van der Waals surface area (Å²) < 4.78 is 14.9. The molecule has 0 spiro atoms. The van der Waals surface area contributed by atoms with Gasteiger partial charge in [0.25, 0.3) is 0 Å². The molecule has 0 bridgehead atoms. The van der Waals surface area contributed by atoms with Gasteiger partial charge in [-0.25, -0.2) is 0 Å². The van der Waals surface area contributed by atoms with E-state index in [0.29, 0.717) is 6.54 Å². The zero-order valence-electron chi connectivity index (χ0n) is 23.2. The Morgan fingerprint density at radius 3 is 2.26 bits per heavy atom. The molecule has 4 nitrogen and oxygen atoms in total. The average molecular weight is 545 g/mol. The van der Waals surface area contributed by atoms with E-state index in [1.807, 2.05) is 31.2 Å². The monoisotopic (exact) mass is 544 g/mol. The predicted octanol–water partition coefficient (Wildman–Crippen LogP) is 10.2. The van der Waals surface area contributed by atoms with E-state index in [9.17, 15) is 0 Å². The number of furan rings is 2. The summed E-state index contributed by atoms with van der Waals surface area (Å²) in [4.78, 5) is 0.